The van der Waals surface area contributed by atoms with E-state index in [4.69, 9.17) is 17.3 Å². The molecule has 7 heteroatoms. The van der Waals surface area contributed by atoms with E-state index in [1.807, 2.05) is 71.6 Å². The van der Waals surface area contributed by atoms with Crippen molar-refractivity contribution in [1.82, 2.24) is 15.1 Å². The molecule has 1 saturated heterocycles. The molecule has 0 spiro atoms. The molecule has 33 heavy (non-hydrogen) atoms. The summed E-state index contributed by atoms with van der Waals surface area (Å²) in [6.45, 7) is 2.53. The third-order valence-electron chi connectivity index (χ3n) is 6.10. The third kappa shape index (κ3) is 4.27. The van der Waals surface area contributed by atoms with Crippen molar-refractivity contribution in [2.75, 3.05) is 31.1 Å². The molecule has 2 N–H and O–H groups in total. The second-order valence-corrected chi connectivity index (χ2v) is 8.56. The lowest BCUT2D eigenvalue weighted by atomic mass is 10.0. The first kappa shape index (κ1) is 21.4. The molecule has 0 radical (unpaired) electrons. The predicted molar refractivity (Wildman–Crippen MR) is 132 cm³/mol. The fourth-order valence-electron chi connectivity index (χ4n) is 4.28. The van der Waals surface area contributed by atoms with Crippen LogP contribution in [0.15, 0.2) is 78.9 Å². The molecule has 3 aromatic carbocycles. The van der Waals surface area contributed by atoms with Crippen molar-refractivity contribution >= 4 is 34.1 Å². The van der Waals surface area contributed by atoms with Crippen LogP contribution in [0.1, 0.15) is 11.6 Å². The van der Waals surface area contributed by atoms with Gasteiger partial charge in [0.05, 0.1) is 0 Å². The fraction of sp³-hybridized carbons (Fsp3) is 0.192. The minimum absolute atomic E-state index is 0.0464. The van der Waals surface area contributed by atoms with Crippen molar-refractivity contribution in [1.29, 1.82) is 0 Å². The summed E-state index contributed by atoms with van der Waals surface area (Å²) in [5.41, 5.74) is 8.87. The second-order valence-electron chi connectivity index (χ2n) is 8.13. The van der Waals surface area contributed by atoms with E-state index in [0.29, 0.717) is 31.2 Å². The summed E-state index contributed by atoms with van der Waals surface area (Å²) < 4.78 is 0. The number of aromatic nitrogens is 2. The minimum atomic E-state index is -0.642. The maximum atomic E-state index is 12.9. The van der Waals surface area contributed by atoms with Gasteiger partial charge in [0.15, 0.2) is 5.82 Å². The molecule has 1 aliphatic heterocycles. The zero-order valence-electron chi connectivity index (χ0n) is 18.1. The first-order valence-corrected chi connectivity index (χ1v) is 11.4. The average molecular weight is 458 g/mol. The molecule has 1 aliphatic rings. The van der Waals surface area contributed by atoms with Crippen molar-refractivity contribution in [2.45, 2.75) is 6.04 Å². The van der Waals surface area contributed by atoms with Gasteiger partial charge in [-0.2, -0.15) is 0 Å². The summed E-state index contributed by atoms with van der Waals surface area (Å²) in [5, 5.41) is 11.9. The molecule has 4 aromatic rings. The number of carbonyl (C=O) groups is 1. The molecule has 0 aliphatic carbocycles. The van der Waals surface area contributed by atoms with E-state index in [9.17, 15) is 4.79 Å². The van der Waals surface area contributed by atoms with Crippen LogP contribution < -0.4 is 10.6 Å². The SMILES string of the molecule is N[C@H](C(=O)N1CCN(c2nnc(-c3ccc(Cl)cc3)c3ccccc23)CC1)c1ccccc1. The Balaban J connectivity index is 1.36. The van der Waals surface area contributed by atoms with Gasteiger partial charge in [0, 0.05) is 47.5 Å². The largest absolute Gasteiger partial charge is 0.351 e. The lowest BCUT2D eigenvalue weighted by molar-refractivity contribution is -0.133. The van der Waals surface area contributed by atoms with Crippen LogP contribution in [-0.2, 0) is 4.79 Å². The van der Waals surface area contributed by atoms with Gasteiger partial charge in [-0.25, -0.2) is 0 Å². The van der Waals surface area contributed by atoms with Crippen molar-refractivity contribution in [2.24, 2.45) is 5.73 Å². The molecular formula is C26H24ClN5O. The van der Waals surface area contributed by atoms with Crippen LogP contribution in [0.3, 0.4) is 0 Å². The van der Waals surface area contributed by atoms with Gasteiger partial charge in [0.25, 0.3) is 0 Å². The number of hydrogen-bond acceptors (Lipinski definition) is 5. The highest BCUT2D eigenvalue weighted by molar-refractivity contribution is 6.30. The van der Waals surface area contributed by atoms with Crippen LogP contribution in [0.4, 0.5) is 5.82 Å². The lowest BCUT2D eigenvalue weighted by Crippen LogP contribution is -2.51. The maximum Gasteiger partial charge on any atom is 0.244 e. The van der Waals surface area contributed by atoms with Gasteiger partial charge in [-0.1, -0.05) is 78.3 Å². The quantitative estimate of drug-likeness (QED) is 0.494. The Morgan fingerprint density at radius 3 is 2.15 bits per heavy atom. The van der Waals surface area contributed by atoms with Crippen LogP contribution in [0.25, 0.3) is 22.0 Å². The highest BCUT2D eigenvalue weighted by Gasteiger charge is 2.27. The Morgan fingerprint density at radius 2 is 1.45 bits per heavy atom. The number of anilines is 1. The number of carbonyl (C=O) groups excluding carboxylic acids is 1. The number of rotatable bonds is 4. The van der Waals surface area contributed by atoms with E-state index in [1.54, 1.807) is 0 Å². The Morgan fingerprint density at radius 1 is 0.818 bits per heavy atom. The van der Waals surface area contributed by atoms with Crippen LogP contribution in [0.2, 0.25) is 5.02 Å². The standard InChI is InChI=1S/C26H24ClN5O/c27-20-12-10-19(11-13-20)24-21-8-4-5-9-22(21)25(30-29-24)31-14-16-32(17-15-31)26(33)23(28)18-6-2-1-3-7-18/h1-13,23H,14-17,28H2/t23-/m0/s1. The Bertz CT molecular complexity index is 1270. The molecule has 6 nitrogen and oxygen atoms in total. The van der Waals surface area contributed by atoms with E-state index < -0.39 is 6.04 Å². The summed E-state index contributed by atoms with van der Waals surface area (Å²) >= 11 is 6.05. The molecule has 1 atom stereocenters. The monoisotopic (exact) mass is 457 g/mol. The number of benzene rings is 3. The highest BCUT2D eigenvalue weighted by Crippen LogP contribution is 2.32. The van der Waals surface area contributed by atoms with Gasteiger partial charge in [-0.15, -0.1) is 10.2 Å². The number of nitrogens with zero attached hydrogens (tertiary/aromatic N) is 4. The molecule has 2 heterocycles. The summed E-state index contributed by atoms with van der Waals surface area (Å²) in [7, 11) is 0. The van der Waals surface area contributed by atoms with E-state index in [2.05, 4.69) is 27.2 Å². The first-order valence-electron chi connectivity index (χ1n) is 11.0. The lowest BCUT2D eigenvalue weighted by Gasteiger charge is -2.36. The molecule has 1 aromatic heterocycles. The molecular weight excluding hydrogens is 434 g/mol. The first-order chi connectivity index (χ1) is 16.1. The number of amides is 1. The van der Waals surface area contributed by atoms with E-state index in [1.165, 1.54) is 0 Å². The number of piperazine rings is 1. The topological polar surface area (TPSA) is 75.4 Å². The average Bonchev–Trinajstić information content (AvgIpc) is 2.88. The molecule has 166 valence electrons. The van der Waals surface area contributed by atoms with Gasteiger partial charge in [-0.05, 0) is 17.7 Å². The Kier molecular flexibility index (Phi) is 5.94. The van der Waals surface area contributed by atoms with E-state index in [-0.39, 0.29) is 5.91 Å². The summed E-state index contributed by atoms with van der Waals surface area (Å²) in [5.74, 6) is 0.789. The van der Waals surface area contributed by atoms with Crippen molar-refractivity contribution in [3.05, 3.63) is 89.4 Å². The Labute approximate surface area is 197 Å². The van der Waals surface area contributed by atoms with Crippen LogP contribution >= 0.6 is 11.6 Å². The molecule has 1 fully saturated rings. The molecule has 0 saturated carbocycles. The summed E-state index contributed by atoms with van der Waals surface area (Å²) in [6, 6.07) is 24.7. The molecule has 1 amide bonds. The smallest absolute Gasteiger partial charge is 0.244 e. The van der Waals surface area contributed by atoms with Gasteiger partial charge < -0.3 is 15.5 Å². The zero-order valence-corrected chi connectivity index (χ0v) is 18.8. The van der Waals surface area contributed by atoms with Gasteiger partial charge in [-0.3, -0.25) is 4.79 Å². The van der Waals surface area contributed by atoms with E-state index >= 15 is 0 Å². The number of nitrogens with two attached hydrogens (primary N) is 1. The van der Waals surface area contributed by atoms with Crippen LogP contribution in [-0.4, -0.2) is 47.2 Å². The summed E-state index contributed by atoms with van der Waals surface area (Å²) in [6.07, 6.45) is 0. The van der Waals surface area contributed by atoms with Crippen molar-refractivity contribution in [3.63, 3.8) is 0 Å². The Hall–Kier alpha value is -3.48. The molecule has 5 rings (SSSR count). The van der Waals surface area contributed by atoms with Crippen LogP contribution in [0, 0.1) is 0 Å². The minimum Gasteiger partial charge on any atom is -0.351 e. The molecule has 0 unspecified atom stereocenters. The van der Waals surface area contributed by atoms with Crippen LogP contribution in [0.5, 0.6) is 0 Å². The van der Waals surface area contributed by atoms with Gasteiger partial charge in [0.2, 0.25) is 5.91 Å². The number of halogens is 1. The van der Waals surface area contributed by atoms with E-state index in [0.717, 1.165) is 33.4 Å². The van der Waals surface area contributed by atoms with Crippen molar-refractivity contribution in [3.8, 4) is 11.3 Å². The normalized spacial score (nSPS) is 15.0. The third-order valence-corrected chi connectivity index (χ3v) is 6.35. The summed E-state index contributed by atoms with van der Waals surface area (Å²) in [4.78, 5) is 17.0. The highest BCUT2D eigenvalue weighted by atomic mass is 35.5. The van der Waals surface area contributed by atoms with Gasteiger partial charge >= 0.3 is 0 Å². The van der Waals surface area contributed by atoms with Gasteiger partial charge in [0.1, 0.15) is 11.7 Å². The molecule has 0 bridgehead atoms. The fourth-order valence-corrected chi connectivity index (χ4v) is 4.41. The predicted octanol–water partition coefficient (Wildman–Crippen LogP) is 4.30. The number of hydrogen-bond donors (Lipinski definition) is 1. The second kappa shape index (κ2) is 9.17. The number of fused-ring (bicyclic) bond motifs is 1. The maximum absolute atomic E-state index is 12.9. The van der Waals surface area contributed by atoms with Crippen molar-refractivity contribution < 1.29 is 4.79 Å². The zero-order chi connectivity index (χ0) is 22.8.